The van der Waals surface area contributed by atoms with E-state index >= 15 is 0 Å². The average molecular weight is 409 g/mol. The summed E-state index contributed by atoms with van der Waals surface area (Å²) in [6, 6.07) is 19.9. The van der Waals surface area contributed by atoms with Crippen LogP contribution in [0.2, 0.25) is 0 Å². The zero-order valence-electron chi connectivity index (χ0n) is 16.8. The van der Waals surface area contributed by atoms with Gasteiger partial charge in [-0.05, 0) is 18.6 Å². The Kier molecular flexibility index (Phi) is 4.72. The maximum absolute atomic E-state index is 12.9. The maximum Gasteiger partial charge on any atom is 0.263 e. The predicted molar refractivity (Wildman–Crippen MR) is 117 cm³/mol. The van der Waals surface area contributed by atoms with Gasteiger partial charge in [-0.15, -0.1) is 5.10 Å². The molecule has 0 unspecified atom stereocenters. The number of carbonyl (C=O) groups is 1. The summed E-state index contributed by atoms with van der Waals surface area (Å²) in [5, 5.41) is 11.5. The highest BCUT2D eigenvalue weighted by Gasteiger charge is 2.17. The van der Waals surface area contributed by atoms with Crippen molar-refractivity contribution in [1.82, 2.24) is 29.4 Å². The van der Waals surface area contributed by atoms with E-state index in [-0.39, 0.29) is 11.9 Å². The number of hydrogen-bond acceptors (Lipinski definition) is 5. The van der Waals surface area contributed by atoms with Gasteiger partial charge < -0.3 is 0 Å². The summed E-state index contributed by atoms with van der Waals surface area (Å²) in [6.07, 6.45) is 4.78. The Morgan fingerprint density at radius 2 is 1.81 bits per heavy atom. The number of nitrogens with zero attached hydrogens (tertiary/aromatic N) is 6. The van der Waals surface area contributed by atoms with Crippen LogP contribution in [-0.4, -0.2) is 35.3 Å². The van der Waals surface area contributed by atoms with Crippen LogP contribution in [0.5, 0.6) is 0 Å². The topological polar surface area (TPSA) is 90.0 Å². The van der Waals surface area contributed by atoms with E-state index in [1.54, 1.807) is 21.7 Å². The van der Waals surface area contributed by atoms with Crippen molar-refractivity contribution in [3.05, 3.63) is 96.1 Å². The van der Waals surface area contributed by atoms with Gasteiger partial charge in [0.1, 0.15) is 11.9 Å². The molecule has 3 aromatic heterocycles. The fourth-order valence-electron chi connectivity index (χ4n) is 3.36. The van der Waals surface area contributed by atoms with Crippen molar-refractivity contribution in [2.24, 2.45) is 0 Å². The molecule has 8 nitrogen and oxygen atoms in total. The third-order valence-electron chi connectivity index (χ3n) is 4.94. The molecular formula is C23H19N7O. The molecule has 152 valence electrons. The summed E-state index contributed by atoms with van der Waals surface area (Å²) in [7, 11) is 0. The third kappa shape index (κ3) is 3.78. The molecule has 0 aliphatic rings. The molecule has 0 fully saturated rings. The van der Waals surface area contributed by atoms with Crippen molar-refractivity contribution in [1.29, 1.82) is 0 Å². The number of carbonyl (C=O) groups excluding carboxylic acids is 1. The number of benzene rings is 2. The van der Waals surface area contributed by atoms with Crippen LogP contribution < -0.4 is 5.32 Å². The molecular weight excluding hydrogens is 390 g/mol. The molecule has 1 N–H and O–H groups in total. The monoisotopic (exact) mass is 409 g/mol. The zero-order chi connectivity index (χ0) is 21.2. The minimum absolute atomic E-state index is 0.231. The fraction of sp³-hybridized carbons (Fsp3) is 0.0870. The lowest BCUT2D eigenvalue weighted by atomic mass is 10.1. The number of rotatable bonds is 5. The highest BCUT2D eigenvalue weighted by atomic mass is 16.1. The van der Waals surface area contributed by atoms with Crippen molar-refractivity contribution in [3.63, 3.8) is 0 Å². The van der Waals surface area contributed by atoms with Crippen LogP contribution in [0.1, 0.15) is 21.5 Å². The van der Waals surface area contributed by atoms with E-state index in [4.69, 9.17) is 0 Å². The van der Waals surface area contributed by atoms with E-state index in [1.165, 1.54) is 11.8 Å². The molecule has 3 heterocycles. The van der Waals surface area contributed by atoms with Crippen molar-refractivity contribution in [3.8, 4) is 11.3 Å². The first-order chi connectivity index (χ1) is 15.2. The second-order valence-corrected chi connectivity index (χ2v) is 7.20. The molecule has 5 aromatic rings. The van der Waals surface area contributed by atoms with Gasteiger partial charge in [-0.1, -0.05) is 60.2 Å². The zero-order valence-corrected chi connectivity index (χ0v) is 16.8. The molecule has 0 atom stereocenters. The van der Waals surface area contributed by atoms with Gasteiger partial charge in [0.25, 0.3) is 5.91 Å². The van der Waals surface area contributed by atoms with E-state index in [1.807, 2.05) is 67.6 Å². The van der Waals surface area contributed by atoms with Gasteiger partial charge >= 0.3 is 0 Å². The normalized spacial score (nSPS) is 11.0. The van der Waals surface area contributed by atoms with Gasteiger partial charge in [0.2, 0.25) is 5.95 Å². The summed E-state index contributed by atoms with van der Waals surface area (Å²) in [5.41, 5.74) is 4.95. The fourth-order valence-corrected chi connectivity index (χ4v) is 3.36. The van der Waals surface area contributed by atoms with Crippen molar-refractivity contribution >= 4 is 17.5 Å². The summed E-state index contributed by atoms with van der Waals surface area (Å²) in [5.74, 6) is -0.129. The lowest BCUT2D eigenvalue weighted by Crippen LogP contribution is -2.13. The minimum Gasteiger partial charge on any atom is -0.289 e. The second-order valence-electron chi connectivity index (χ2n) is 7.20. The molecule has 0 aliphatic carbocycles. The molecule has 0 bridgehead atoms. The number of anilines is 1. The number of hydrogen-bond donors (Lipinski definition) is 1. The van der Waals surface area contributed by atoms with E-state index < -0.39 is 0 Å². The van der Waals surface area contributed by atoms with Crippen molar-refractivity contribution < 1.29 is 4.79 Å². The first-order valence-electron chi connectivity index (χ1n) is 9.82. The van der Waals surface area contributed by atoms with Crippen LogP contribution in [0.25, 0.3) is 16.9 Å². The molecule has 0 aliphatic heterocycles. The standard InChI is InChI=1S/C23H19N7O/c1-16-7-9-18(10-8-16)20-11-12-24-21-19(13-26-30(20)21)22(31)27-23-25-15-29(28-23)14-17-5-3-2-4-6-17/h2-13,15H,14H2,1H3,(H,27,28,31). The van der Waals surface area contributed by atoms with Crippen LogP contribution in [0.15, 0.2) is 79.4 Å². The number of aromatic nitrogens is 6. The molecule has 0 saturated heterocycles. The molecule has 1 amide bonds. The van der Waals surface area contributed by atoms with Gasteiger partial charge in [-0.25, -0.2) is 19.2 Å². The summed E-state index contributed by atoms with van der Waals surface area (Å²) in [6.45, 7) is 2.61. The smallest absolute Gasteiger partial charge is 0.263 e. The highest BCUT2D eigenvalue weighted by molar-refractivity contribution is 6.07. The predicted octanol–water partition coefficient (Wildman–Crippen LogP) is 3.60. The summed E-state index contributed by atoms with van der Waals surface area (Å²) >= 11 is 0. The van der Waals surface area contributed by atoms with Crippen LogP contribution in [0, 0.1) is 6.92 Å². The van der Waals surface area contributed by atoms with Gasteiger partial charge in [-0.2, -0.15) is 5.10 Å². The van der Waals surface area contributed by atoms with Crippen LogP contribution in [0.3, 0.4) is 0 Å². The average Bonchev–Trinajstić information content (AvgIpc) is 3.42. The first-order valence-corrected chi connectivity index (χ1v) is 9.82. The molecule has 8 heteroatoms. The quantitative estimate of drug-likeness (QED) is 0.479. The Hall–Kier alpha value is -4.33. The molecule has 0 saturated carbocycles. The second kappa shape index (κ2) is 7.83. The number of aryl methyl sites for hydroxylation is 1. The molecule has 0 spiro atoms. The van der Waals surface area contributed by atoms with Crippen LogP contribution in [-0.2, 0) is 6.54 Å². The molecule has 2 aromatic carbocycles. The van der Waals surface area contributed by atoms with E-state index in [2.05, 4.69) is 25.5 Å². The summed E-state index contributed by atoms with van der Waals surface area (Å²) < 4.78 is 3.34. The van der Waals surface area contributed by atoms with Crippen LogP contribution in [0.4, 0.5) is 5.95 Å². The Balaban J connectivity index is 1.38. The molecule has 31 heavy (non-hydrogen) atoms. The maximum atomic E-state index is 12.9. The Morgan fingerprint density at radius 3 is 2.61 bits per heavy atom. The SMILES string of the molecule is Cc1ccc(-c2ccnc3c(C(=O)Nc4ncn(Cc5ccccc5)n4)cnn23)cc1. The van der Waals surface area contributed by atoms with Gasteiger partial charge in [0, 0.05) is 11.8 Å². The number of nitrogens with one attached hydrogen (secondary N) is 1. The number of amides is 1. The van der Waals surface area contributed by atoms with Crippen LogP contribution >= 0.6 is 0 Å². The van der Waals surface area contributed by atoms with E-state index in [9.17, 15) is 4.79 Å². The van der Waals surface area contributed by atoms with Crippen molar-refractivity contribution in [2.75, 3.05) is 5.32 Å². The lowest BCUT2D eigenvalue weighted by Gasteiger charge is -2.05. The Labute approximate surface area is 178 Å². The summed E-state index contributed by atoms with van der Waals surface area (Å²) in [4.78, 5) is 21.4. The molecule has 5 rings (SSSR count). The Morgan fingerprint density at radius 1 is 1.00 bits per heavy atom. The Bertz CT molecular complexity index is 1350. The minimum atomic E-state index is -0.360. The van der Waals surface area contributed by atoms with Gasteiger partial charge in [-0.3, -0.25) is 10.1 Å². The van der Waals surface area contributed by atoms with E-state index in [0.717, 1.165) is 16.8 Å². The van der Waals surface area contributed by atoms with E-state index in [0.29, 0.717) is 17.8 Å². The van der Waals surface area contributed by atoms with Crippen molar-refractivity contribution in [2.45, 2.75) is 13.5 Å². The highest BCUT2D eigenvalue weighted by Crippen LogP contribution is 2.21. The van der Waals surface area contributed by atoms with Gasteiger partial charge in [0.15, 0.2) is 5.65 Å². The number of fused-ring (bicyclic) bond motifs is 1. The van der Waals surface area contributed by atoms with Gasteiger partial charge in [0.05, 0.1) is 18.4 Å². The largest absolute Gasteiger partial charge is 0.289 e. The lowest BCUT2D eigenvalue weighted by molar-refractivity contribution is 0.102. The molecule has 0 radical (unpaired) electrons. The third-order valence-corrected chi connectivity index (χ3v) is 4.94. The first kappa shape index (κ1) is 18.7.